The smallest absolute Gasteiger partial charge is 0.125 e. The van der Waals surface area contributed by atoms with Crippen LogP contribution >= 0.6 is 31.9 Å². The van der Waals surface area contributed by atoms with Crippen LogP contribution in [0, 0.1) is 17.1 Å². The van der Waals surface area contributed by atoms with Gasteiger partial charge in [-0.3, -0.25) is 0 Å². The molecule has 0 saturated heterocycles. The highest BCUT2D eigenvalue weighted by molar-refractivity contribution is 9.11. The van der Waals surface area contributed by atoms with Gasteiger partial charge in [0, 0.05) is 20.6 Å². The zero-order valence-electron chi connectivity index (χ0n) is 6.39. The quantitative estimate of drug-likeness (QED) is 0.722. The third-order valence-corrected chi connectivity index (χ3v) is 2.68. The molecule has 0 heterocycles. The summed E-state index contributed by atoms with van der Waals surface area (Å²) in [4.78, 5) is 0. The molecule has 0 aliphatic heterocycles. The summed E-state index contributed by atoms with van der Waals surface area (Å²) < 4.78 is 14.0. The molecule has 13 heavy (non-hydrogen) atoms. The molecular weight excluding hydrogens is 301 g/mol. The fraction of sp³-hybridized carbons (Fsp3) is 0. The van der Waals surface area contributed by atoms with Crippen molar-refractivity contribution in [2.45, 2.75) is 0 Å². The molecule has 1 aromatic rings. The van der Waals surface area contributed by atoms with E-state index in [9.17, 15) is 4.39 Å². The van der Waals surface area contributed by atoms with Gasteiger partial charge in [0.1, 0.15) is 5.82 Å². The van der Waals surface area contributed by atoms with Gasteiger partial charge in [-0.1, -0.05) is 31.9 Å². The van der Waals surface area contributed by atoms with Gasteiger partial charge >= 0.3 is 0 Å². The van der Waals surface area contributed by atoms with Gasteiger partial charge in [-0.15, -0.1) is 0 Å². The molecule has 0 radical (unpaired) electrons. The Labute approximate surface area is 92.1 Å². The van der Waals surface area contributed by atoms with Crippen molar-refractivity contribution in [3.8, 4) is 6.07 Å². The number of benzene rings is 1. The van der Waals surface area contributed by atoms with Gasteiger partial charge in [0.25, 0.3) is 0 Å². The molecule has 0 aromatic heterocycles. The summed E-state index contributed by atoms with van der Waals surface area (Å²) in [5, 5.41) is 8.32. The number of allylic oxidation sites excluding steroid dienone is 1. The van der Waals surface area contributed by atoms with E-state index in [-0.39, 0.29) is 5.82 Å². The second-order valence-electron chi connectivity index (χ2n) is 2.25. The number of nitriles is 1. The molecule has 0 spiro atoms. The van der Waals surface area contributed by atoms with Crippen LogP contribution in [-0.2, 0) is 0 Å². The van der Waals surface area contributed by atoms with Crippen molar-refractivity contribution in [2.75, 3.05) is 0 Å². The number of hydrogen-bond acceptors (Lipinski definition) is 1. The minimum absolute atomic E-state index is 0.326. The van der Waals surface area contributed by atoms with Gasteiger partial charge in [0.15, 0.2) is 0 Å². The molecule has 0 amide bonds. The van der Waals surface area contributed by atoms with Crippen LogP contribution in [0.15, 0.2) is 27.2 Å². The van der Waals surface area contributed by atoms with Gasteiger partial charge in [0.05, 0.1) is 6.07 Å². The lowest BCUT2D eigenvalue weighted by atomic mass is 10.2. The Morgan fingerprint density at radius 3 is 2.31 bits per heavy atom. The average molecular weight is 305 g/mol. The minimum atomic E-state index is -0.326. The molecule has 0 N–H and O–H groups in total. The minimum Gasteiger partial charge on any atom is -0.207 e. The van der Waals surface area contributed by atoms with Crippen LogP contribution in [0.25, 0.3) is 6.08 Å². The predicted molar refractivity (Wildman–Crippen MR) is 56.4 cm³/mol. The van der Waals surface area contributed by atoms with Crippen LogP contribution in [0.3, 0.4) is 0 Å². The van der Waals surface area contributed by atoms with Crippen LogP contribution in [0.2, 0.25) is 0 Å². The molecule has 0 atom stereocenters. The topological polar surface area (TPSA) is 23.8 Å². The van der Waals surface area contributed by atoms with Crippen LogP contribution in [-0.4, -0.2) is 0 Å². The molecule has 1 nitrogen and oxygen atoms in total. The molecule has 0 fully saturated rings. The van der Waals surface area contributed by atoms with Gasteiger partial charge in [-0.2, -0.15) is 5.26 Å². The Morgan fingerprint density at radius 2 is 1.85 bits per heavy atom. The van der Waals surface area contributed by atoms with Crippen molar-refractivity contribution in [1.82, 2.24) is 0 Å². The van der Waals surface area contributed by atoms with E-state index in [4.69, 9.17) is 5.26 Å². The number of hydrogen-bond donors (Lipinski definition) is 0. The molecule has 0 unspecified atom stereocenters. The second kappa shape index (κ2) is 4.54. The molecule has 66 valence electrons. The molecule has 4 heteroatoms. The first kappa shape index (κ1) is 10.4. The average Bonchev–Trinajstić information content (AvgIpc) is 2.02. The van der Waals surface area contributed by atoms with Crippen molar-refractivity contribution >= 4 is 37.9 Å². The second-order valence-corrected chi connectivity index (χ2v) is 3.95. The number of nitrogens with zero attached hydrogens (tertiary/aromatic N) is 1. The Kier molecular flexibility index (Phi) is 3.64. The zero-order chi connectivity index (χ0) is 9.84. The van der Waals surface area contributed by atoms with E-state index in [1.165, 1.54) is 18.2 Å². The summed E-state index contributed by atoms with van der Waals surface area (Å²) in [6.07, 6.45) is 2.94. The van der Waals surface area contributed by atoms with E-state index in [1.54, 1.807) is 6.08 Å². The SMILES string of the molecule is N#CC=Cc1c(Br)cc(F)cc1Br. The highest BCUT2D eigenvalue weighted by Crippen LogP contribution is 2.27. The molecule has 0 aliphatic carbocycles. The van der Waals surface area contributed by atoms with E-state index >= 15 is 0 Å². The van der Waals surface area contributed by atoms with Crippen LogP contribution in [0.4, 0.5) is 4.39 Å². The number of rotatable bonds is 1. The summed E-state index contributed by atoms with van der Waals surface area (Å²) in [6.45, 7) is 0. The summed E-state index contributed by atoms with van der Waals surface area (Å²) >= 11 is 6.39. The molecule has 0 bridgehead atoms. The van der Waals surface area contributed by atoms with Crippen molar-refractivity contribution in [2.24, 2.45) is 0 Å². The van der Waals surface area contributed by atoms with E-state index < -0.39 is 0 Å². The van der Waals surface area contributed by atoms with Crippen LogP contribution in [0.5, 0.6) is 0 Å². The van der Waals surface area contributed by atoms with E-state index in [0.717, 1.165) is 5.56 Å². The lowest BCUT2D eigenvalue weighted by Crippen LogP contribution is -1.82. The van der Waals surface area contributed by atoms with E-state index in [1.807, 2.05) is 6.07 Å². The summed E-state index contributed by atoms with van der Waals surface area (Å²) in [6, 6.07) is 4.57. The maximum Gasteiger partial charge on any atom is 0.125 e. The van der Waals surface area contributed by atoms with Gasteiger partial charge in [-0.25, -0.2) is 4.39 Å². The van der Waals surface area contributed by atoms with Crippen LogP contribution in [0.1, 0.15) is 5.56 Å². The van der Waals surface area contributed by atoms with Crippen molar-refractivity contribution in [1.29, 1.82) is 5.26 Å². The Morgan fingerprint density at radius 1 is 1.31 bits per heavy atom. The molecule has 0 saturated carbocycles. The molecular formula is C9H4Br2FN. The van der Waals surface area contributed by atoms with Crippen molar-refractivity contribution in [3.05, 3.63) is 38.5 Å². The first-order valence-electron chi connectivity index (χ1n) is 3.36. The standard InChI is InChI=1S/C9H4Br2FN/c10-8-4-6(12)5-9(11)7(8)2-1-3-13/h1-2,4-5H. The predicted octanol–water partition coefficient (Wildman–Crippen LogP) is 3.89. The monoisotopic (exact) mass is 303 g/mol. The molecule has 1 aromatic carbocycles. The third-order valence-electron chi connectivity index (χ3n) is 1.37. The lowest BCUT2D eigenvalue weighted by Gasteiger charge is -2.01. The van der Waals surface area contributed by atoms with Crippen LogP contribution < -0.4 is 0 Å². The van der Waals surface area contributed by atoms with Gasteiger partial charge in [0.2, 0.25) is 0 Å². The largest absolute Gasteiger partial charge is 0.207 e. The van der Waals surface area contributed by atoms with E-state index in [2.05, 4.69) is 31.9 Å². The van der Waals surface area contributed by atoms with Crippen molar-refractivity contribution in [3.63, 3.8) is 0 Å². The Hall–Kier alpha value is -0.660. The maximum atomic E-state index is 12.8. The first-order valence-corrected chi connectivity index (χ1v) is 4.94. The first-order chi connectivity index (χ1) is 6.15. The molecule has 1 rings (SSSR count). The highest BCUT2D eigenvalue weighted by atomic mass is 79.9. The summed E-state index contributed by atoms with van der Waals surface area (Å²) in [5.74, 6) is -0.326. The Bertz CT molecular complexity index is 370. The third kappa shape index (κ3) is 2.64. The number of halogens is 3. The lowest BCUT2D eigenvalue weighted by molar-refractivity contribution is 0.626. The summed E-state index contributed by atoms with van der Waals surface area (Å²) in [5.41, 5.74) is 0.753. The van der Waals surface area contributed by atoms with Gasteiger partial charge < -0.3 is 0 Å². The Balaban J connectivity index is 3.22. The fourth-order valence-electron chi connectivity index (χ4n) is 0.833. The fourth-order valence-corrected chi connectivity index (χ4v) is 2.23. The summed E-state index contributed by atoms with van der Waals surface area (Å²) in [7, 11) is 0. The maximum absolute atomic E-state index is 12.8. The van der Waals surface area contributed by atoms with Gasteiger partial charge in [-0.05, 0) is 18.2 Å². The van der Waals surface area contributed by atoms with Crippen molar-refractivity contribution < 1.29 is 4.39 Å². The highest BCUT2D eigenvalue weighted by Gasteiger charge is 2.03. The normalized spacial score (nSPS) is 10.3. The molecule has 0 aliphatic rings. The van der Waals surface area contributed by atoms with E-state index in [0.29, 0.717) is 8.95 Å². The zero-order valence-corrected chi connectivity index (χ0v) is 9.56.